The van der Waals surface area contributed by atoms with Crippen molar-refractivity contribution in [3.05, 3.63) is 181 Å². The van der Waals surface area contributed by atoms with E-state index in [0.717, 1.165) is 24.1 Å². The SMILES string of the molecule is C1=Cc2cc(-c3ccccc3)c(-c3ccc4c(c3)c(-c3ccccc3)c(-c3ccccc3)c3cc(-c5ccccn5)ccc34)cc2CC1. The lowest BCUT2D eigenvalue weighted by Crippen LogP contribution is -1.98. The Morgan fingerprint density at radius 1 is 0.417 bits per heavy atom. The molecule has 1 aromatic heterocycles. The minimum atomic E-state index is 0.978. The van der Waals surface area contributed by atoms with Gasteiger partial charge in [-0.2, -0.15) is 0 Å². The summed E-state index contributed by atoms with van der Waals surface area (Å²) < 4.78 is 0. The summed E-state index contributed by atoms with van der Waals surface area (Å²) in [5.41, 5.74) is 14.8. The van der Waals surface area contributed by atoms with E-state index >= 15 is 0 Å². The van der Waals surface area contributed by atoms with Gasteiger partial charge in [0.05, 0.1) is 5.69 Å². The summed E-state index contributed by atoms with van der Waals surface area (Å²) in [5, 5.41) is 4.98. The third kappa shape index (κ3) is 4.92. The number of benzene rings is 7. The van der Waals surface area contributed by atoms with Crippen LogP contribution in [0.2, 0.25) is 0 Å². The van der Waals surface area contributed by atoms with E-state index in [0.29, 0.717) is 0 Å². The summed E-state index contributed by atoms with van der Waals surface area (Å²) in [6.45, 7) is 0. The second-order valence-electron chi connectivity index (χ2n) is 12.6. The van der Waals surface area contributed by atoms with E-state index < -0.39 is 0 Å². The molecule has 1 heteroatoms. The number of hydrogen-bond donors (Lipinski definition) is 0. The van der Waals surface area contributed by atoms with E-state index in [-0.39, 0.29) is 0 Å². The van der Waals surface area contributed by atoms with Crippen molar-refractivity contribution < 1.29 is 0 Å². The monoisotopic (exact) mass is 611 g/mol. The summed E-state index contributed by atoms with van der Waals surface area (Å²) in [4.78, 5) is 4.71. The van der Waals surface area contributed by atoms with Crippen LogP contribution >= 0.6 is 0 Å². The minimum absolute atomic E-state index is 0.978. The molecule has 0 bridgehead atoms. The Morgan fingerprint density at radius 3 is 1.60 bits per heavy atom. The molecule has 0 fully saturated rings. The number of aryl methyl sites for hydroxylation is 1. The highest BCUT2D eigenvalue weighted by Gasteiger charge is 2.20. The van der Waals surface area contributed by atoms with E-state index in [4.69, 9.17) is 4.98 Å². The summed E-state index contributed by atoms with van der Waals surface area (Å²) in [5.74, 6) is 0. The molecule has 0 N–H and O–H groups in total. The van der Waals surface area contributed by atoms with Crippen molar-refractivity contribution in [3.63, 3.8) is 0 Å². The molecule has 1 aliphatic rings. The topological polar surface area (TPSA) is 12.9 Å². The lowest BCUT2D eigenvalue weighted by Gasteiger charge is -2.21. The molecule has 0 spiro atoms. The lowest BCUT2D eigenvalue weighted by atomic mass is 9.82. The first kappa shape index (κ1) is 28.2. The van der Waals surface area contributed by atoms with Crippen LogP contribution in [-0.2, 0) is 6.42 Å². The summed E-state index contributed by atoms with van der Waals surface area (Å²) in [6, 6.07) is 57.6. The molecule has 1 aliphatic carbocycles. The molecule has 0 amide bonds. The first-order valence-corrected chi connectivity index (χ1v) is 16.8. The fourth-order valence-electron chi connectivity index (χ4n) is 7.49. The van der Waals surface area contributed by atoms with Crippen LogP contribution in [0.15, 0.2) is 170 Å². The largest absolute Gasteiger partial charge is 0.256 e. The number of nitrogens with zero attached hydrogens (tertiary/aromatic N) is 1. The molecule has 0 saturated carbocycles. The fraction of sp³-hybridized carbons (Fsp3) is 0.0426. The van der Waals surface area contributed by atoms with E-state index in [2.05, 4.69) is 164 Å². The van der Waals surface area contributed by atoms with E-state index in [1.165, 1.54) is 77.2 Å². The van der Waals surface area contributed by atoms with E-state index in [9.17, 15) is 0 Å². The van der Waals surface area contributed by atoms with Crippen molar-refractivity contribution in [1.29, 1.82) is 0 Å². The molecule has 8 aromatic rings. The molecule has 9 rings (SSSR count). The van der Waals surface area contributed by atoms with Crippen molar-refractivity contribution in [2.24, 2.45) is 0 Å². The van der Waals surface area contributed by atoms with Crippen LogP contribution in [0, 0.1) is 0 Å². The maximum Gasteiger partial charge on any atom is 0.0702 e. The second-order valence-corrected chi connectivity index (χ2v) is 12.6. The zero-order chi connectivity index (χ0) is 31.9. The minimum Gasteiger partial charge on any atom is -0.256 e. The van der Waals surface area contributed by atoms with Gasteiger partial charge in [0.15, 0.2) is 0 Å². The van der Waals surface area contributed by atoms with Crippen LogP contribution < -0.4 is 0 Å². The van der Waals surface area contributed by atoms with Gasteiger partial charge in [0.1, 0.15) is 0 Å². The summed E-state index contributed by atoms with van der Waals surface area (Å²) in [7, 11) is 0. The average molecular weight is 612 g/mol. The van der Waals surface area contributed by atoms with E-state index in [1.54, 1.807) is 0 Å². The van der Waals surface area contributed by atoms with Gasteiger partial charge in [-0.1, -0.05) is 133 Å². The molecular formula is C47H33N. The summed E-state index contributed by atoms with van der Waals surface area (Å²) in [6.07, 6.45) is 8.61. The number of rotatable bonds is 5. The third-order valence-electron chi connectivity index (χ3n) is 9.76. The number of fused-ring (bicyclic) bond motifs is 4. The molecule has 1 nitrogen and oxygen atoms in total. The molecule has 0 atom stereocenters. The van der Waals surface area contributed by atoms with E-state index in [1.807, 2.05) is 12.3 Å². The van der Waals surface area contributed by atoms with Gasteiger partial charge in [0, 0.05) is 11.8 Å². The van der Waals surface area contributed by atoms with Crippen molar-refractivity contribution in [3.8, 4) is 55.8 Å². The predicted octanol–water partition coefficient (Wildman–Crippen LogP) is 12.7. The number of pyridine rings is 1. The Labute approximate surface area is 281 Å². The van der Waals surface area contributed by atoms with Gasteiger partial charge < -0.3 is 0 Å². The van der Waals surface area contributed by atoms with Gasteiger partial charge in [-0.05, 0) is 126 Å². The maximum atomic E-state index is 4.71. The van der Waals surface area contributed by atoms with Gasteiger partial charge in [-0.3, -0.25) is 4.98 Å². The second kappa shape index (κ2) is 12.0. The van der Waals surface area contributed by atoms with Crippen LogP contribution in [-0.4, -0.2) is 4.98 Å². The van der Waals surface area contributed by atoms with Gasteiger partial charge in [-0.25, -0.2) is 0 Å². The highest BCUT2D eigenvalue weighted by atomic mass is 14.7. The molecule has 7 aromatic carbocycles. The number of hydrogen-bond acceptors (Lipinski definition) is 1. The van der Waals surface area contributed by atoms with Crippen molar-refractivity contribution >= 4 is 27.6 Å². The molecule has 1 heterocycles. The zero-order valence-corrected chi connectivity index (χ0v) is 26.6. The Hall–Kier alpha value is -6.05. The fourth-order valence-corrected chi connectivity index (χ4v) is 7.49. The van der Waals surface area contributed by atoms with Gasteiger partial charge in [0.2, 0.25) is 0 Å². The van der Waals surface area contributed by atoms with Crippen LogP contribution in [0.4, 0.5) is 0 Å². The quantitative estimate of drug-likeness (QED) is 0.176. The van der Waals surface area contributed by atoms with Gasteiger partial charge >= 0.3 is 0 Å². The molecule has 0 saturated heterocycles. The number of allylic oxidation sites excluding steroid dienone is 1. The predicted molar refractivity (Wildman–Crippen MR) is 204 cm³/mol. The highest BCUT2D eigenvalue weighted by Crippen LogP contribution is 2.47. The van der Waals surface area contributed by atoms with Crippen LogP contribution in [0.5, 0.6) is 0 Å². The smallest absolute Gasteiger partial charge is 0.0702 e. The number of aromatic nitrogens is 1. The molecule has 0 unspecified atom stereocenters. The van der Waals surface area contributed by atoms with Crippen molar-refractivity contribution in [2.75, 3.05) is 0 Å². The normalized spacial score (nSPS) is 12.3. The van der Waals surface area contributed by atoms with Gasteiger partial charge in [0.25, 0.3) is 0 Å². The van der Waals surface area contributed by atoms with Crippen LogP contribution in [0.25, 0.3) is 83.4 Å². The standard InChI is InChI=1S/C47H33N/c1-4-14-32(15-5-1)41-28-35-20-10-11-21-36(35)29-42(41)37-23-25-39-40-26-24-38(45-22-12-13-27-48-45)31-44(40)47(34-18-8-3-9-19-34)46(43(39)30-37)33-16-6-2-7-17-33/h1-10,12-20,22-31H,11,21H2. The molecule has 0 radical (unpaired) electrons. The Bertz CT molecular complexity index is 2460. The Morgan fingerprint density at radius 2 is 0.979 bits per heavy atom. The first-order chi connectivity index (χ1) is 23.8. The highest BCUT2D eigenvalue weighted by molar-refractivity contribution is 6.22. The zero-order valence-electron chi connectivity index (χ0n) is 26.6. The van der Waals surface area contributed by atoms with Crippen molar-refractivity contribution in [1.82, 2.24) is 4.98 Å². The molecule has 0 aliphatic heterocycles. The average Bonchev–Trinajstić information content (AvgIpc) is 3.17. The lowest BCUT2D eigenvalue weighted by molar-refractivity contribution is 0.986. The van der Waals surface area contributed by atoms with Gasteiger partial charge in [-0.15, -0.1) is 0 Å². The Kier molecular flexibility index (Phi) is 7.02. The van der Waals surface area contributed by atoms with Crippen LogP contribution in [0.1, 0.15) is 17.5 Å². The molecule has 226 valence electrons. The third-order valence-corrected chi connectivity index (χ3v) is 9.76. The molecule has 48 heavy (non-hydrogen) atoms. The van der Waals surface area contributed by atoms with Crippen LogP contribution in [0.3, 0.4) is 0 Å². The maximum absolute atomic E-state index is 4.71. The first-order valence-electron chi connectivity index (χ1n) is 16.8. The summed E-state index contributed by atoms with van der Waals surface area (Å²) >= 11 is 0. The van der Waals surface area contributed by atoms with Crippen molar-refractivity contribution in [2.45, 2.75) is 12.8 Å². The molecular weight excluding hydrogens is 579 g/mol. The Balaban J connectivity index is 1.39.